The van der Waals surface area contributed by atoms with E-state index in [0.717, 1.165) is 65.2 Å². The fourth-order valence-electron chi connectivity index (χ4n) is 5.71. The fraction of sp³-hybridized carbons (Fsp3) is 0.370. The van der Waals surface area contributed by atoms with Gasteiger partial charge in [0, 0.05) is 38.7 Å². The van der Waals surface area contributed by atoms with Crippen molar-refractivity contribution in [2.24, 2.45) is 0 Å². The van der Waals surface area contributed by atoms with Crippen molar-refractivity contribution in [3.63, 3.8) is 0 Å². The first kappa shape index (κ1) is 74.0. The second kappa shape index (κ2) is 47.2. The quantitative estimate of drug-likeness (QED) is 0.0285. The van der Waals surface area contributed by atoms with Gasteiger partial charge in [-0.05, 0) is 102 Å². The summed E-state index contributed by atoms with van der Waals surface area (Å²) in [5.41, 5.74) is 1.79. The van der Waals surface area contributed by atoms with Crippen LogP contribution in [-0.2, 0) is 30.0 Å². The van der Waals surface area contributed by atoms with E-state index in [2.05, 4.69) is 73.7 Å². The number of rotatable bonds is 18. The van der Waals surface area contributed by atoms with Crippen molar-refractivity contribution >= 4 is 72.2 Å². The van der Waals surface area contributed by atoms with Crippen molar-refractivity contribution in [3.8, 4) is 34.8 Å². The molecule has 0 aliphatic rings. The number of nitrogens with zero attached hydrogens (tertiary/aromatic N) is 2. The Labute approximate surface area is 465 Å². The molecule has 0 radical (unpaired) electrons. The van der Waals surface area contributed by atoms with E-state index >= 15 is 0 Å². The minimum absolute atomic E-state index is 0. The normalized spacial score (nSPS) is 9.53. The first-order chi connectivity index (χ1) is 34.7. The van der Waals surface area contributed by atoms with Gasteiger partial charge in [-0.15, -0.1) is 26.4 Å². The van der Waals surface area contributed by atoms with Crippen LogP contribution in [-0.4, -0.2) is 59.2 Å². The number of halogens is 5. The molecule has 0 saturated heterocycles. The maximum absolute atomic E-state index is 13.7. The van der Waals surface area contributed by atoms with Crippen LogP contribution in [0.2, 0.25) is 0 Å². The van der Waals surface area contributed by atoms with E-state index in [-0.39, 0.29) is 24.9 Å². The molecule has 0 aliphatic carbocycles. The van der Waals surface area contributed by atoms with Gasteiger partial charge in [0.05, 0.1) is 13.2 Å². The first-order valence-corrected chi connectivity index (χ1v) is 28.2. The Morgan fingerprint density at radius 2 is 0.973 bits per heavy atom. The summed E-state index contributed by atoms with van der Waals surface area (Å²) in [7, 11) is 4.89. The number of aryl methyl sites for hydroxylation is 1. The van der Waals surface area contributed by atoms with Crippen molar-refractivity contribution in [1.82, 2.24) is 0 Å². The van der Waals surface area contributed by atoms with Crippen LogP contribution >= 0.6 is 42.4 Å². The minimum atomic E-state index is -1.40. The maximum Gasteiger partial charge on any atom is 0.488 e. The van der Waals surface area contributed by atoms with E-state index in [1.54, 1.807) is 48.5 Å². The Kier molecular flexibility index (Phi) is 47.2. The van der Waals surface area contributed by atoms with Crippen LogP contribution in [0.15, 0.2) is 102 Å². The van der Waals surface area contributed by atoms with Crippen LogP contribution in [0.5, 0.6) is 11.5 Å². The Bertz CT molecular complexity index is 2300. The van der Waals surface area contributed by atoms with Crippen molar-refractivity contribution in [1.29, 1.82) is 10.5 Å². The number of carbonyl (C=O) groups is 2. The Hall–Kier alpha value is -4.24. The summed E-state index contributed by atoms with van der Waals surface area (Å²) in [4.78, 5) is 18.0. The zero-order chi connectivity index (χ0) is 55.6. The third-order valence-electron chi connectivity index (χ3n) is 9.36. The zero-order valence-electron chi connectivity index (χ0n) is 42.9. The van der Waals surface area contributed by atoms with Gasteiger partial charge in [0.2, 0.25) is 0 Å². The molecule has 4 N–H and O–H groups in total. The molecule has 20 heteroatoms. The van der Waals surface area contributed by atoms with Crippen LogP contribution < -0.4 is 20.2 Å². The topological polar surface area (TPSA) is 181 Å². The summed E-state index contributed by atoms with van der Waals surface area (Å²) in [5.74, 6) is -3.53. The molecule has 0 fully saturated rings. The van der Waals surface area contributed by atoms with Gasteiger partial charge in [0.1, 0.15) is 58.0 Å². The molecule has 5 aromatic rings. The van der Waals surface area contributed by atoms with Gasteiger partial charge in [0.15, 0.2) is 0 Å². The molecule has 10 nitrogen and oxygen atoms in total. The number of unbranched alkanes of at least 4 members (excludes halogenated alkanes) is 10. The Morgan fingerprint density at radius 1 is 0.635 bits per heavy atom. The van der Waals surface area contributed by atoms with Crippen LogP contribution in [0.4, 0.5) is 17.6 Å². The number of hydrogen-bond donors (Lipinski definition) is 4. The van der Waals surface area contributed by atoms with Gasteiger partial charge in [-0.3, -0.25) is 9.59 Å². The molecule has 0 heterocycles. The molecule has 408 valence electrons. The SMILES string of the molecule is CC(=O)O.CC(=O)O.CCCCCCCCOc1ccc(-c2cc(F)c(C#N)c(F)c2)cc1.CCCCCCCCOc1ccc(B(O)O)cc1.CPP.Cc1ccccc1P.N#Cc1c(F)cc(Br)cc1F.[Pd]. The predicted molar refractivity (Wildman–Crippen MR) is 300 cm³/mol. The minimum Gasteiger partial charge on any atom is -0.494 e. The number of benzene rings is 5. The number of carboxylic acids is 2. The van der Waals surface area contributed by atoms with E-state index in [1.807, 2.05) is 12.1 Å². The van der Waals surface area contributed by atoms with E-state index in [1.165, 1.54) is 99.3 Å². The standard InChI is InChI=1S/C21H23F2NO.C14H23BO3.C7H2BrF2N.C7H9P.2C2H4O2.CH6P2.Pd/c1-2-3-4-5-6-7-12-25-18-10-8-16(9-11-18)17-13-20(22)19(15-24)21(23)14-17;1-2-3-4-5-6-7-12-18-14-10-8-13(9-11-14)15(16)17;8-4-1-6(9)5(3-11)7(10)2-4;1-6-4-2-3-5-7(6)8;2*1-2(3)4;1-3-2;/h8-11,13-14H,2-7,12H2,1H3;8-11,16-17H,2-7,12H2,1H3;1-2H;2-5H,8H2,1H3;2*1H3,(H,3,4);3H,2H2,1H3;. The smallest absolute Gasteiger partial charge is 0.488 e. The second-order valence-electron chi connectivity index (χ2n) is 15.7. The van der Waals surface area contributed by atoms with E-state index in [0.29, 0.717) is 23.2 Å². The summed E-state index contributed by atoms with van der Waals surface area (Å²) < 4.78 is 64.2. The maximum atomic E-state index is 13.7. The molecule has 0 spiro atoms. The van der Waals surface area contributed by atoms with Gasteiger partial charge in [-0.25, -0.2) is 17.6 Å². The van der Waals surface area contributed by atoms with E-state index < -0.39 is 53.5 Å². The van der Waals surface area contributed by atoms with Crippen molar-refractivity contribution in [2.45, 2.75) is 112 Å². The molecular weight excluding hydrogens is 1170 g/mol. The molecule has 5 rings (SSSR count). The molecule has 0 aliphatic heterocycles. The molecule has 0 bridgehead atoms. The fourth-order valence-corrected chi connectivity index (χ4v) is 6.32. The zero-order valence-corrected chi connectivity index (χ0v) is 49.3. The van der Waals surface area contributed by atoms with Crippen LogP contribution in [0.3, 0.4) is 0 Å². The largest absolute Gasteiger partial charge is 0.494 e. The predicted octanol–water partition coefficient (Wildman–Crippen LogP) is 13.7. The van der Waals surface area contributed by atoms with Crippen molar-refractivity contribution in [2.75, 3.05) is 19.9 Å². The van der Waals surface area contributed by atoms with Crippen molar-refractivity contribution < 1.29 is 77.3 Å². The second-order valence-corrected chi connectivity index (χ2v) is 19.5. The van der Waals surface area contributed by atoms with Crippen LogP contribution in [0.25, 0.3) is 11.1 Å². The Morgan fingerprint density at radius 3 is 1.30 bits per heavy atom. The molecular formula is C54H71BBrF4N2O8P3Pd. The van der Waals surface area contributed by atoms with Crippen molar-refractivity contribution in [3.05, 3.63) is 141 Å². The number of hydrogen-bond acceptors (Lipinski definition) is 8. The molecule has 5 aromatic carbocycles. The third kappa shape index (κ3) is 38.3. The van der Waals surface area contributed by atoms with Gasteiger partial charge in [-0.2, -0.15) is 10.5 Å². The summed E-state index contributed by atoms with van der Waals surface area (Å²) in [5, 5.41) is 51.0. The number of ether oxygens (including phenoxy) is 2. The summed E-state index contributed by atoms with van der Waals surface area (Å²) >= 11 is 2.89. The van der Waals surface area contributed by atoms with Crippen LogP contribution in [0.1, 0.15) is 121 Å². The Balaban J connectivity index is -0.000000896. The van der Waals surface area contributed by atoms with E-state index in [9.17, 15) is 17.6 Å². The van der Waals surface area contributed by atoms with E-state index in [4.69, 9.17) is 49.8 Å². The third-order valence-corrected chi connectivity index (χ3v) is 10.5. The monoisotopic (exact) mass is 1240 g/mol. The van der Waals surface area contributed by atoms with Gasteiger partial charge < -0.3 is 29.7 Å². The molecule has 0 amide bonds. The number of aliphatic carboxylic acids is 2. The van der Waals surface area contributed by atoms with Gasteiger partial charge in [-0.1, -0.05) is 143 Å². The average molecular weight is 1240 g/mol. The molecule has 0 saturated carbocycles. The molecule has 3 atom stereocenters. The molecule has 3 unspecified atom stereocenters. The molecule has 74 heavy (non-hydrogen) atoms. The summed E-state index contributed by atoms with van der Waals surface area (Å²) in [6, 6.07) is 29.6. The number of carboxylic acid groups (broad SMARTS) is 2. The molecule has 0 aromatic heterocycles. The number of nitriles is 2. The van der Waals surface area contributed by atoms with Gasteiger partial charge in [0.25, 0.3) is 11.9 Å². The van der Waals surface area contributed by atoms with Crippen LogP contribution in [0, 0.1) is 52.9 Å². The first-order valence-electron chi connectivity index (χ1n) is 23.6. The summed E-state index contributed by atoms with van der Waals surface area (Å²) in [6.45, 7) is 12.2. The average Bonchev–Trinajstić information content (AvgIpc) is 3.32. The van der Waals surface area contributed by atoms with Gasteiger partial charge >= 0.3 is 7.12 Å². The summed E-state index contributed by atoms with van der Waals surface area (Å²) in [6.07, 6.45) is 14.8.